The number of carbonyl (C=O) groups excluding carboxylic acids is 2. The number of hydrogen-bond acceptors (Lipinski definition) is 7. The van der Waals surface area contributed by atoms with Gasteiger partial charge in [-0.1, -0.05) is 24.6 Å². The third kappa shape index (κ3) is 7.15. The van der Waals surface area contributed by atoms with Crippen LogP contribution in [0.2, 0.25) is 0 Å². The van der Waals surface area contributed by atoms with Crippen LogP contribution in [0.1, 0.15) is 40.7 Å². The zero-order valence-corrected chi connectivity index (χ0v) is 21.2. The van der Waals surface area contributed by atoms with E-state index in [9.17, 15) is 9.59 Å². The van der Waals surface area contributed by atoms with Gasteiger partial charge in [-0.25, -0.2) is 15.2 Å². The van der Waals surface area contributed by atoms with Crippen molar-refractivity contribution in [2.45, 2.75) is 25.7 Å². The fraction of sp³-hybridized carbons (Fsp3) is 0.286. The van der Waals surface area contributed by atoms with Gasteiger partial charge in [0.2, 0.25) is 5.91 Å². The van der Waals surface area contributed by atoms with Gasteiger partial charge in [0.25, 0.3) is 0 Å². The van der Waals surface area contributed by atoms with E-state index in [2.05, 4.69) is 20.7 Å². The first kappa shape index (κ1) is 26.8. The van der Waals surface area contributed by atoms with E-state index in [-0.39, 0.29) is 18.0 Å². The Hall–Kier alpha value is -4.28. The van der Waals surface area contributed by atoms with E-state index in [4.69, 9.17) is 21.6 Å². The molecule has 0 unspecified atom stereocenters. The standard InChI is InChI=1S/C28H33N7O3/c29-26(36)17-24-23-10-6-21(27(30)31)16-20(23)7-11-25(24)38-28(37)19-4-8-22(9-5-19)32-18-34-33-12-15-35-13-2-1-3-14-35/h4-11,16,18,33H,1-3,12-15,17H2,(H2,29,36)(H3,30,31)(H,32,34). The highest BCUT2D eigenvalue weighted by molar-refractivity contribution is 6.01. The average Bonchev–Trinajstić information content (AvgIpc) is 2.92. The molecule has 0 saturated carbocycles. The van der Waals surface area contributed by atoms with Crippen molar-refractivity contribution in [3.05, 3.63) is 71.3 Å². The molecule has 3 aromatic rings. The summed E-state index contributed by atoms with van der Waals surface area (Å²) in [6.07, 6.45) is 5.35. The van der Waals surface area contributed by atoms with Gasteiger partial charge in [0, 0.05) is 24.2 Å². The van der Waals surface area contributed by atoms with Gasteiger partial charge in [-0.3, -0.25) is 10.2 Å². The molecule has 3 aromatic carbocycles. The van der Waals surface area contributed by atoms with Crippen LogP contribution in [0.15, 0.2) is 59.6 Å². The van der Waals surface area contributed by atoms with Gasteiger partial charge in [-0.15, -0.1) is 0 Å². The van der Waals surface area contributed by atoms with Crippen LogP contribution in [0, 0.1) is 5.41 Å². The fourth-order valence-electron chi connectivity index (χ4n) is 4.46. The number of likely N-dealkylation sites (tertiary alicyclic amines) is 1. The topological polar surface area (TPSA) is 159 Å². The number of rotatable bonds is 11. The van der Waals surface area contributed by atoms with E-state index in [1.807, 2.05) is 0 Å². The van der Waals surface area contributed by atoms with E-state index in [0.717, 1.165) is 18.5 Å². The van der Waals surface area contributed by atoms with Gasteiger partial charge in [-0.05, 0) is 73.1 Å². The summed E-state index contributed by atoms with van der Waals surface area (Å²) in [7, 11) is 0. The number of piperidine rings is 1. The summed E-state index contributed by atoms with van der Waals surface area (Å²) < 4.78 is 5.66. The molecule has 1 aliphatic heterocycles. The molecule has 0 spiro atoms. The van der Waals surface area contributed by atoms with Crippen LogP contribution in [-0.4, -0.2) is 55.1 Å². The van der Waals surface area contributed by atoms with Crippen LogP contribution in [0.3, 0.4) is 0 Å². The molecular weight excluding hydrogens is 482 g/mol. The number of nitrogens with two attached hydrogens (primary N) is 2. The van der Waals surface area contributed by atoms with Crippen LogP contribution >= 0.6 is 0 Å². The number of primary amides is 1. The highest BCUT2D eigenvalue weighted by Crippen LogP contribution is 2.30. The monoisotopic (exact) mass is 515 g/mol. The Morgan fingerprint density at radius 3 is 2.45 bits per heavy atom. The number of benzene rings is 3. The lowest BCUT2D eigenvalue weighted by atomic mass is 9.98. The number of esters is 1. The third-order valence-electron chi connectivity index (χ3n) is 6.44. The normalized spacial score (nSPS) is 14.0. The smallest absolute Gasteiger partial charge is 0.343 e. The Labute approximate surface area is 221 Å². The first-order valence-electron chi connectivity index (χ1n) is 12.6. The Morgan fingerprint density at radius 2 is 1.74 bits per heavy atom. The third-order valence-corrected chi connectivity index (χ3v) is 6.44. The van der Waals surface area contributed by atoms with Crippen molar-refractivity contribution in [1.29, 1.82) is 5.41 Å². The molecule has 198 valence electrons. The maximum atomic E-state index is 12.9. The second kappa shape index (κ2) is 12.8. The first-order chi connectivity index (χ1) is 18.4. The summed E-state index contributed by atoms with van der Waals surface area (Å²) in [5.41, 5.74) is 19.2. The highest BCUT2D eigenvalue weighted by atomic mass is 16.5. The summed E-state index contributed by atoms with van der Waals surface area (Å²) >= 11 is 0. The zero-order valence-electron chi connectivity index (χ0n) is 21.2. The molecule has 0 bridgehead atoms. The molecule has 1 saturated heterocycles. The molecule has 38 heavy (non-hydrogen) atoms. The molecular formula is C28H33N7O3. The van der Waals surface area contributed by atoms with Gasteiger partial charge in [-0.2, -0.15) is 0 Å². The van der Waals surface area contributed by atoms with E-state index in [1.165, 1.54) is 32.4 Å². The lowest BCUT2D eigenvalue weighted by molar-refractivity contribution is -0.117. The van der Waals surface area contributed by atoms with Crippen LogP contribution < -0.4 is 27.1 Å². The number of ether oxygens (including phenoxy) is 1. The van der Waals surface area contributed by atoms with E-state index in [1.54, 1.807) is 60.9 Å². The summed E-state index contributed by atoms with van der Waals surface area (Å²) in [4.78, 5) is 31.4. The Balaban J connectivity index is 1.37. The number of hydrazine groups is 1. The molecule has 1 heterocycles. The molecule has 1 aliphatic rings. The van der Waals surface area contributed by atoms with Crippen molar-refractivity contribution in [2.75, 3.05) is 26.2 Å². The SMILES string of the molecule is N=C(N)c1ccc2c(CC(N)=O)c(OC(=O)c3ccc(N=CNNCCN4CCCCC4)cc3)ccc2c1. The number of nitrogens with zero attached hydrogens (tertiary/aromatic N) is 2. The van der Waals surface area contributed by atoms with Crippen molar-refractivity contribution in [2.24, 2.45) is 16.5 Å². The fourth-order valence-corrected chi connectivity index (χ4v) is 4.46. The average molecular weight is 516 g/mol. The number of fused-ring (bicyclic) bond motifs is 1. The Morgan fingerprint density at radius 1 is 1.00 bits per heavy atom. The maximum Gasteiger partial charge on any atom is 0.343 e. The lowest BCUT2D eigenvalue weighted by Gasteiger charge is -2.26. The number of carbonyl (C=O) groups is 2. The van der Waals surface area contributed by atoms with E-state index in [0.29, 0.717) is 27.8 Å². The quantitative estimate of drug-likeness (QED) is 0.0655. The molecule has 0 aromatic heterocycles. The molecule has 1 amide bonds. The minimum atomic E-state index is -0.566. The number of amides is 1. The number of nitrogens with one attached hydrogen (secondary N) is 3. The second-order valence-electron chi connectivity index (χ2n) is 9.20. The number of nitrogen functional groups attached to an aromatic ring is 1. The van der Waals surface area contributed by atoms with Crippen molar-refractivity contribution in [1.82, 2.24) is 15.8 Å². The van der Waals surface area contributed by atoms with Crippen LogP contribution in [0.25, 0.3) is 10.8 Å². The number of aliphatic imine (C=N–C) groups is 1. The minimum Gasteiger partial charge on any atom is -0.423 e. The van der Waals surface area contributed by atoms with Crippen LogP contribution in [0.5, 0.6) is 5.75 Å². The summed E-state index contributed by atoms with van der Waals surface area (Å²) in [6.45, 7) is 4.15. The van der Waals surface area contributed by atoms with E-state index < -0.39 is 11.9 Å². The predicted molar refractivity (Wildman–Crippen MR) is 149 cm³/mol. The lowest BCUT2D eigenvalue weighted by Crippen LogP contribution is -2.40. The zero-order chi connectivity index (χ0) is 26.9. The Kier molecular flexibility index (Phi) is 9.02. The predicted octanol–water partition coefficient (Wildman–Crippen LogP) is 2.61. The molecule has 10 nitrogen and oxygen atoms in total. The first-order valence-corrected chi connectivity index (χ1v) is 12.6. The number of hydrogen-bond donors (Lipinski definition) is 5. The molecule has 10 heteroatoms. The molecule has 0 atom stereocenters. The molecule has 0 radical (unpaired) electrons. The van der Waals surface area contributed by atoms with Gasteiger partial charge >= 0.3 is 5.97 Å². The molecule has 4 rings (SSSR count). The van der Waals surface area contributed by atoms with E-state index >= 15 is 0 Å². The largest absolute Gasteiger partial charge is 0.423 e. The summed E-state index contributed by atoms with van der Waals surface area (Å²) in [5, 5.41) is 9.09. The van der Waals surface area contributed by atoms with Gasteiger partial charge in [0.15, 0.2) is 0 Å². The minimum absolute atomic E-state index is 0.0634. The molecule has 1 fully saturated rings. The molecule has 0 aliphatic carbocycles. The van der Waals surface area contributed by atoms with Gasteiger partial charge in [0.1, 0.15) is 17.9 Å². The Bertz CT molecular complexity index is 1330. The van der Waals surface area contributed by atoms with Crippen molar-refractivity contribution in [3.8, 4) is 5.75 Å². The molecule has 7 N–H and O–H groups in total. The van der Waals surface area contributed by atoms with Crippen molar-refractivity contribution < 1.29 is 14.3 Å². The summed E-state index contributed by atoms with van der Waals surface area (Å²) in [5.74, 6) is -0.934. The highest BCUT2D eigenvalue weighted by Gasteiger charge is 2.17. The van der Waals surface area contributed by atoms with Crippen molar-refractivity contribution in [3.63, 3.8) is 0 Å². The van der Waals surface area contributed by atoms with Crippen molar-refractivity contribution >= 4 is 40.5 Å². The second-order valence-corrected chi connectivity index (χ2v) is 9.20. The van der Waals surface area contributed by atoms with Gasteiger partial charge in [0.05, 0.1) is 17.7 Å². The van der Waals surface area contributed by atoms with Crippen LogP contribution in [-0.2, 0) is 11.2 Å². The van der Waals surface area contributed by atoms with Crippen LogP contribution in [0.4, 0.5) is 5.69 Å². The van der Waals surface area contributed by atoms with Gasteiger partial charge < -0.3 is 26.5 Å². The summed E-state index contributed by atoms with van der Waals surface area (Å²) in [6, 6.07) is 15.2. The number of amidine groups is 1. The maximum absolute atomic E-state index is 12.9.